The minimum atomic E-state index is -0.963. The summed E-state index contributed by atoms with van der Waals surface area (Å²) in [5, 5.41) is 18.5. The molecule has 0 aliphatic carbocycles. The molecule has 0 atom stereocenters. The van der Waals surface area contributed by atoms with Crippen molar-refractivity contribution >= 4 is 0 Å². The first-order valence-electron chi connectivity index (χ1n) is 11.8. The van der Waals surface area contributed by atoms with Gasteiger partial charge in [-0.25, -0.2) is 14.1 Å². The van der Waals surface area contributed by atoms with Gasteiger partial charge in [-0.1, -0.05) is 38.8 Å². The number of tetrazole rings is 1. The van der Waals surface area contributed by atoms with E-state index in [0.29, 0.717) is 18.8 Å². The van der Waals surface area contributed by atoms with Crippen LogP contribution in [0.1, 0.15) is 56.7 Å². The van der Waals surface area contributed by atoms with Gasteiger partial charge in [0, 0.05) is 38.9 Å². The van der Waals surface area contributed by atoms with E-state index in [1.165, 1.54) is 6.07 Å². The maximum absolute atomic E-state index is 14.4. The zero-order valence-electron chi connectivity index (χ0n) is 20.5. The number of H-pyrrole nitrogens is 1. The number of methoxy groups -OCH3 is 2. The highest BCUT2D eigenvalue weighted by molar-refractivity contribution is 5.55. The summed E-state index contributed by atoms with van der Waals surface area (Å²) >= 11 is 0. The highest BCUT2D eigenvalue weighted by atomic mass is 19.1. The average molecular weight is 483 g/mol. The number of ether oxygens (including phenoxy) is 2. The third-order valence-corrected chi connectivity index (χ3v) is 6.02. The van der Waals surface area contributed by atoms with Gasteiger partial charge in [0.15, 0.2) is 5.82 Å². The van der Waals surface area contributed by atoms with Crippen molar-refractivity contribution in [2.45, 2.75) is 58.3 Å². The molecule has 35 heavy (non-hydrogen) atoms. The molecule has 1 N–H and O–H groups in total. The Labute approximate surface area is 203 Å². The second kappa shape index (κ2) is 10.9. The van der Waals surface area contributed by atoms with E-state index in [1.807, 2.05) is 28.9 Å². The fourth-order valence-electron chi connectivity index (χ4n) is 4.13. The van der Waals surface area contributed by atoms with Crippen molar-refractivity contribution in [3.05, 3.63) is 59.6 Å². The van der Waals surface area contributed by atoms with Gasteiger partial charge in [-0.2, -0.15) is 5.21 Å². The fourth-order valence-corrected chi connectivity index (χ4v) is 4.13. The van der Waals surface area contributed by atoms with E-state index in [-0.39, 0.29) is 11.5 Å². The van der Waals surface area contributed by atoms with E-state index in [9.17, 15) is 4.39 Å². The number of rotatable bonds is 12. The van der Waals surface area contributed by atoms with Gasteiger partial charge >= 0.3 is 0 Å². The molecule has 4 aromatic rings. The Morgan fingerprint density at radius 2 is 1.83 bits per heavy atom. The molecular weight excluding hydrogens is 451 g/mol. The Balaban J connectivity index is 1.62. The lowest BCUT2D eigenvalue weighted by Crippen LogP contribution is -2.32. The van der Waals surface area contributed by atoms with Crippen molar-refractivity contribution in [2.24, 2.45) is 0 Å². The highest BCUT2D eigenvalue weighted by Crippen LogP contribution is 2.29. The predicted octanol–water partition coefficient (Wildman–Crippen LogP) is 4.02. The van der Waals surface area contributed by atoms with E-state index in [2.05, 4.69) is 34.5 Å². The van der Waals surface area contributed by atoms with E-state index in [4.69, 9.17) is 19.6 Å². The van der Waals surface area contributed by atoms with Crippen molar-refractivity contribution in [3.63, 3.8) is 0 Å². The largest absolute Gasteiger partial charge is 0.347 e. The third-order valence-electron chi connectivity index (χ3n) is 6.02. The molecule has 186 valence electrons. The van der Waals surface area contributed by atoms with Crippen LogP contribution in [0.3, 0.4) is 0 Å². The topological polar surface area (TPSA) is 109 Å². The molecule has 3 heterocycles. The molecule has 10 nitrogen and oxygen atoms in total. The number of nitrogens with one attached hydrogen (secondary N) is 1. The Morgan fingerprint density at radius 1 is 1.06 bits per heavy atom. The number of unbranched alkanes of at least 4 members (excludes halogenated alkanes) is 1. The Hall–Kier alpha value is -3.44. The second-order valence-corrected chi connectivity index (χ2v) is 8.31. The van der Waals surface area contributed by atoms with Crippen LogP contribution >= 0.6 is 0 Å². The van der Waals surface area contributed by atoms with Crippen LogP contribution in [-0.2, 0) is 28.2 Å². The summed E-state index contributed by atoms with van der Waals surface area (Å²) in [7, 11) is 3.24. The number of hydrogen-bond donors (Lipinski definition) is 1. The first-order valence-corrected chi connectivity index (χ1v) is 11.8. The van der Waals surface area contributed by atoms with E-state index in [1.54, 1.807) is 25.0 Å². The Morgan fingerprint density at radius 3 is 2.46 bits per heavy atom. The first kappa shape index (κ1) is 24.7. The lowest BCUT2D eigenvalue weighted by molar-refractivity contribution is -0.225. The van der Waals surface area contributed by atoms with Gasteiger partial charge < -0.3 is 14.0 Å². The molecule has 4 rings (SSSR count). The van der Waals surface area contributed by atoms with Crippen LogP contribution in [0.5, 0.6) is 0 Å². The van der Waals surface area contributed by atoms with Crippen molar-refractivity contribution in [2.75, 3.05) is 14.2 Å². The number of hydrogen-bond acceptors (Lipinski definition) is 7. The van der Waals surface area contributed by atoms with Gasteiger partial charge in [0.2, 0.25) is 17.4 Å². The molecule has 0 aliphatic rings. The molecule has 1 aromatic carbocycles. The summed E-state index contributed by atoms with van der Waals surface area (Å²) in [6, 6.07) is 9.21. The number of aromatic nitrogens is 8. The third kappa shape index (κ3) is 5.01. The zero-order chi connectivity index (χ0) is 24.8. The molecule has 0 bridgehead atoms. The van der Waals surface area contributed by atoms with Crippen molar-refractivity contribution in [1.82, 2.24) is 40.0 Å². The average Bonchev–Trinajstić information content (AvgIpc) is 3.62. The molecular formula is C24H31FN8O2. The van der Waals surface area contributed by atoms with Gasteiger partial charge in [-0.15, -0.1) is 15.3 Å². The number of benzene rings is 1. The van der Waals surface area contributed by atoms with Crippen molar-refractivity contribution < 1.29 is 13.9 Å². The Kier molecular flexibility index (Phi) is 7.67. The molecule has 0 spiro atoms. The molecule has 3 aromatic heterocycles. The summed E-state index contributed by atoms with van der Waals surface area (Å²) in [6.45, 7) is 4.77. The van der Waals surface area contributed by atoms with E-state index < -0.39 is 11.6 Å². The summed E-state index contributed by atoms with van der Waals surface area (Å²) in [6.07, 6.45) is 6.05. The summed E-state index contributed by atoms with van der Waals surface area (Å²) in [5.74, 6) is 0.249. The van der Waals surface area contributed by atoms with Crippen molar-refractivity contribution in [3.8, 4) is 17.2 Å². The molecule has 0 saturated carbocycles. The van der Waals surface area contributed by atoms with Crippen LogP contribution < -0.4 is 0 Å². The lowest BCUT2D eigenvalue weighted by Gasteiger charge is -2.27. The highest BCUT2D eigenvalue weighted by Gasteiger charge is 2.36. The van der Waals surface area contributed by atoms with Gasteiger partial charge in [-0.05, 0) is 35.4 Å². The summed E-state index contributed by atoms with van der Waals surface area (Å²) < 4.78 is 29.5. The van der Waals surface area contributed by atoms with Crippen LogP contribution in [0.25, 0.3) is 17.2 Å². The van der Waals surface area contributed by atoms with Crippen LogP contribution in [0.4, 0.5) is 4.39 Å². The molecule has 0 radical (unpaired) electrons. The van der Waals surface area contributed by atoms with Crippen LogP contribution in [0.15, 0.2) is 36.5 Å². The SMILES string of the molecule is CCCCc1nc(C(CCC)(OC)OC)nn1Cc1ccc(-n2ccc(F)c2-c2nn[nH]n2)cc1. The normalized spacial score (nSPS) is 11.9. The van der Waals surface area contributed by atoms with Crippen LogP contribution in [0.2, 0.25) is 0 Å². The van der Waals surface area contributed by atoms with Crippen LogP contribution in [-0.4, -0.2) is 54.2 Å². The maximum Gasteiger partial charge on any atom is 0.231 e. The van der Waals surface area contributed by atoms with E-state index in [0.717, 1.165) is 42.8 Å². The van der Waals surface area contributed by atoms with Gasteiger partial charge in [0.05, 0.1) is 6.54 Å². The maximum atomic E-state index is 14.4. The molecule has 0 unspecified atom stereocenters. The van der Waals surface area contributed by atoms with Gasteiger partial charge in [0.1, 0.15) is 11.5 Å². The lowest BCUT2D eigenvalue weighted by atomic mass is 10.1. The monoisotopic (exact) mass is 482 g/mol. The molecule has 0 aliphatic heterocycles. The first-order chi connectivity index (χ1) is 17.0. The quantitative estimate of drug-likeness (QED) is 0.304. The molecule has 0 saturated heterocycles. The molecule has 0 fully saturated rings. The fraction of sp³-hybridized carbons (Fsp3) is 0.458. The number of aromatic amines is 1. The van der Waals surface area contributed by atoms with Gasteiger partial charge in [0.25, 0.3) is 0 Å². The standard InChI is InChI=1S/C24H31FN8O2/c1-5-7-8-20-26-23(24(34-3,35-4)14-6-2)29-33(20)16-17-9-11-18(12-10-17)32-15-13-19(25)21(32)22-27-30-31-28-22/h9-13,15H,5-8,14,16H2,1-4H3,(H,27,28,30,31). The minimum absolute atomic E-state index is 0.194. The van der Waals surface area contributed by atoms with Crippen LogP contribution in [0, 0.1) is 5.82 Å². The Bertz CT molecular complexity index is 1210. The van der Waals surface area contributed by atoms with Gasteiger partial charge in [-0.3, -0.25) is 0 Å². The predicted molar refractivity (Wildman–Crippen MR) is 127 cm³/mol. The smallest absolute Gasteiger partial charge is 0.231 e. The number of aryl methyl sites for hydroxylation is 1. The number of nitrogens with zero attached hydrogens (tertiary/aromatic N) is 7. The molecule has 11 heteroatoms. The molecule has 0 amide bonds. The van der Waals surface area contributed by atoms with E-state index >= 15 is 0 Å². The summed E-state index contributed by atoms with van der Waals surface area (Å²) in [4.78, 5) is 4.82. The minimum Gasteiger partial charge on any atom is -0.347 e. The second-order valence-electron chi connectivity index (χ2n) is 8.31. The van der Waals surface area contributed by atoms with Crippen molar-refractivity contribution in [1.29, 1.82) is 0 Å². The number of halogens is 1. The summed E-state index contributed by atoms with van der Waals surface area (Å²) in [5.41, 5.74) is 2.07. The zero-order valence-corrected chi connectivity index (χ0v) is 20.5.